The average Bonchev–Trinajstić information content (AvgIpc) is 2.25. The highest BCUT2D eigenvalue weighted by Gasteiger charge is 2.04. The van der Waals surface area contributed by atoms with E-state index in [1.54, 1.807) is 23.9 Å². The molecule has 16 heavy (non-hydrogen) atoms. The first-order chi connectivity index (χ1) is 7.65. The predicted molar refractivity (Wildman–Crippen MR) is 69.3 cm³/mol. The van der Waals surface area contributed by atoms with Gasteiger partial charge in [-0.1, -0.05) is 20.3 Å². The molecule has 1 atom stereocenters. The van der Waals surface area contributed by atoms with Crippen LogP contribution in [0.25, 0.3) is 0 Å². The van der Waals surface area contributed by atoms with Crippen molar-refractivity contribution in [2.45, 2.75) is 31.6 Å². The number of thioether (sulfide) groups is 1. The Hall–Kier alpha value is -0.540. The first-order valence-electron chi connectivity index (χ1n) is 5.78. The Labute approximate surface area is 102 Å². The normalized spacial score (nSPS) is 12.8. The molecular weight excluding hydrogens is 221 g/mol. The SMILES string of the molecule is CCC(C)CSc1cc(F)cc(CCN)c1. The van der Waals surface area contributed by atoms with Crippen molar-refractivity contribution in [2.75, 3.05) is 12.3 Å². The fourth-order valence-corrected chi connectivity index (χ4v) is 2.51. The Morgan fingerprint density at radius 3 is 2.75 bits per heavy atom. The minimum absolute atomic E-state index is 0.155. The molecule has 2 N–H and O–H groups in total. The van der Waals surface area contributed by atoms with E-state index in [0.29, 0.717) is 12.5 Å². The maximum absolute atomic E-state index is 13.3. The third kappa shape index (κ3) is 4.54. The van der Waals surface area contributed by atoms with E-state index >= 15 is 0 Å². The molecular formula is C13H20FNS. The molecule has 0 saturated heterocycles. The van der Waals surface area contributed by atoms with Crippen molar-refractivity contribution in [2.24, 2.45) is 11.7 Å². The van der Waals surface area contributed by atoms with Crippen LogP contribution in [0, 0.1) is 11.7 Å². The fraction of sp³-hybridized carbons (Fsp3) is 0.538. The highest BCUT2D eigenvalue weighted by atomic mass is 32.2. The van der Waals surface area contributed by atoms with Crippen LogP contribution in [0.1, 0.15) is 25.8 Å². The van der Waals surface area contributed by atoms with Crippen molar-refractivity contribution in [1.29, 1.82) is 0 Å². The van der Waals surface area contributed by atoms with Gasteiger partial charge in [0.05, 0.1) is 0 Å². The molecule has 0 radical (unpaired) electrons. The van der Waals surface area contributed by atoms with E-state index in [-0.39, 0.29) is 5.82 Å². The number of benzene rings is 1. The quantitative estimate of drug-likeness (QED) is 0.772. The summed E-state index contributed by atoms with van der Waals surface area (Å²) in [6, 6.07) is 5.22. The molecule has 3 heteroatoms. The zero-order valence-corrected chi connectivity index (χ0v) is 10.8. The molecule has 1 rings (SSSR count). The van der Waals surface area contributed by atoms with E-state index in [9.17, 15) is 4.39 Å². The lowest BCUT2D eigenvalue weighted by Gasteiger charge is -2.09. The van der Waals surface area contributed by atoms with Gasteiger partial charge in [-0.25, -0.2) is 4.39 Å². The topological polar surface area (TPSA) is 26.0 Å². The minimum atomic E-state index is -0.155. The van der Waals surface area contributed by atoms with Crippen molar-refractivity contribution in [1.82, 2.24) is 0 Å². The van der Waals surface area contributed by atoms with Crippen LogP contribution in [0.3, 0.4) is 0 Å². The van der Waals surface area contributed by atoms with E-state index in [0.717, 1.165) is 29.1 Å². The van der Waals surface area contributed by atoms with Gasteiger partial charge in [0.1, 0.15) is 5.82 Å². The Kier molecular flexibility index (Phi) is 5.85. The van der Waals surface area contributed by atoms with E-state index < -0.39 is 0 Å². The first-order valence-corrected chi connectivity index (χ1v) is 6.76. The lowest BCUT2D eigenvalue weighted by Crippen LogP contribution is -2.03. The molecule has 1 aromatic carbocycles. The molecule has 0 saturated carbocycles. The number of halogens is 1. The molecule has 1 unspecified atom stereocenters. The van der Waals surface area contributed by atoms with Crippen LogP contribution in [-0.2, 0) is 6.42 Å². The van der Waals surface area contributed by atoms with Crippen LogP contribution in [0.4, 0.5) is 4.39 Å². The number of hydrogen-bond donors (Lipinski definition) is 1. The molecule has 0 aliphatic carbocycles. The summed E-state index contributed by atoms with van der Waals surface area (Å²) in [5, 5.41) is 0. The fourth-order valence-electron chi connectivity index (χ4n) is 1.37. The molecule has 0 aliphatic heterocycles. The summed E-state index contributed by atoms with van der Waals surface area (Å²) in [7, 11) is 0. The van der Waals surface area contributed by atoms with Crippen molar-refractivity contribution < 1.29 is 4.39 Å². The summed E-state index contributed by atoms with van der Waals surface area (Å²) in [6.07, 6.45) is 1.91. The first kappa shape index (κ1) is 13.5. The van der Waals surface area contributed by atoms with Crippen LogP contribution < -0.4 is 5.73 Å². The van der Waals surface area contributed by atoms with Gasteiger partial charge in [0.2, 0.25) is 0 Å². The Morgan fingerprint density at radius 1 is 1.38 bits per heavy atom. The highest BCUT2D eigenvalue weighted by molar-refractivity contribution is 7.99. The van der Waals surface area contributed by atoms with Gasteiger partial charge in [0.25, 0.3) is 0 Å². The monoisotopic (exact) mass is 241 g/mol. The second kappa shape index (κ2) is 6.92. The van der Waals surface area contributed by atoms with Crippen LogP contribution in [0.15, 0.2) is 23.1 Å². The average molecular weight is 241 g/mol. The van der Waals surface area contributed by atoms with Gasteiger partial charge >= 0.3 is 0 Å². The van der Waals surface area contributed by atoms with Crippen molar-refractivity contribution in [3.63, 3.8) is 0 Å². The van der Waals surface area contributed by atoms with E-state index in [2.05, 4.69) is 13.8 Å². The Bertz CT molecular complexity index is 328. The van der Waals surface area contributed by atoms with Gasteiger partial charge in [-0.3, -0.25) is 0 Å². The molecule has 1 nitrogen and oxygen atoms in total. The third-order valence-corrected chi connectivity index (χ3v) is 3.90. The summed E-state index contributed by atoms with van der Waals surface area (Å²) in [4.78, 5) is 1.02. The number of hydrogen-bond acceptors (Lipinski definition) is 2. The van der Waals surface area contributed by atoms with Crippen molar-refractivity contribution >= 4 is 11.8 Å². The maximum Gasteiger partial charge on any atom is 0.124 e. The van der Waals surface area contributed by atoms with Gasteiger partial charge in [0.15, 0.2) is 0 Å². The molecule has 0 fully saturated rings. The highest BCUT2D eigenvalue weighted by Crippen LogP contribution is 2.24. The molecule has 0 aromatic heterocycles. The van der Waals surface area contributed by atoms with Crippen LogP contribution >= 0.6 is 11.8 Å². The maximum atomic E-state index is 13.3. The summed E-state index contributed by atoms with van der Waals surface area (Å²) in [6.45, 7) is 4.96. The number of nitrogens with two attached hydrogens (primary N) is 1. The van der Waals surface area contributed by atoms with Crippen LogP contribution in [-0.4, -0.2) is 12.3 Å². The lowest BCUT2D eigenvalue weighted by molar-refractivity contribution is 0.620. The van der Waals surface area contributed by atoms with Gasteiger partial charge in [-0.05, 0) is 42.6 Å². The molecule has 0 amide bonds. The van der Waals surface area contributed by atoms with Gasteiger partial charge in [-0.15, -0.1) is 11.8 Å². The summed E-state index contributed by atoms with van der Waals surface area (Å²) >= 11 is 1.73. The van der Waals surface area contributed by atoms with E-state index in [4.69, 9.17) is 5.73 Å². The largest absolute Gasteiger partial charge is 0.330 e. The molecule has 0 bridgehead atoms. The second-order valence-corrected chi connectivity index (χ2v) is 5.25. The standard InChI is InChI=1S/C13H20FNS/c1-3-10(2)9-16-13-7-11(4-5-15)6-12(14)8-13/h6-8,10H,3-5,9,15H2,1-2H3. The van der Waals surface area contributed by atoms with Crippen LogP contribution in [0.2, 0.25) is 0 Å². The molecule has 0 spiro atoms. The van der Waals surface area contributed by atoms with Crippen molar-refractivity contribution in [3.05, 3.63) is 29.6 Å². The van der Waals surface area contributed by atoms with Gasteiger partial charge < -0.3 is 5.73 Å². The summed E-state index contributed by atoms with van der Waals surface area (Å²) in [5.74, 6) is 1.56. The van der Waals surface area contributed by atoms with Crippen LogP contribution in [0.5, 0.6) is 0 Å². The number of rotatable bonds is 6. The van der Waals surface area contributed by atoms with Gasteiger partial charge in [0, 0.05) is 10.6 Å². The molecule has 0 heterocycles. The zero-order valence-electron chi connectivity index (χ0n) is 10.0. The minimum Gasteiger partial charge on any atom is -0.330 e. The van der Waals surface area contributed by atoms with E-state index in [1.165, 1.54) is 0 Å². The Morgan fingerprint density at radius 2 is 2.12 bits per heavy atom. The molecule has 1 aromatic rings. The summed E-state index contributed by atoms with van der Waals surface area (Å²) < 4.78 is 13.3. The van der Waals surface area contributed by atoms with E-state index in [1.807, 2.05) is 6.07 Å². The molecule has 0 aliphatic rings. The Balaban J connectivity index is 2.64. The zero-order chi connectivity index (χ0) is 12.0. The van der Waals surface area contributed by atoms with Gasteiger partial charge in [-0.2, -0.15) is 0 Å². The second-order valence-electron chi connectivity index (χ2n) is 4.16. The predicted octanol–water partition coefficient (Wildman–Crippen LogP) is 3.47. The van der Waals surface area contributed by atoms with Crippen molar-refractivity contribution in [3.8, 4) is 0 Å². The third-order valence-electron chi connectivity index (χ3n) is 2.60. The molecule has 90 valence electrons. The summed E-state index contributed by atoms with van der Waals surface area (Å²) in [5.41, 5.74) is 6.47. The lowest BCUT2D eigenvalue weighted by atomic mass is 10.1. The smallest absolute Gasteiger partial charge is 0.124 e.